The molecule has 0 bridgehead atoms. The summed E-state index contributed by atoms with van der Waals surface area (Å²) in [7, 11) is 1.44. The molecule has 2 atom stereocenters. The minimum atomic E-state index is -4.48. The average Bonchev–Trinajstić information content (AvgIpc) is 2.63. The maximum atomic E-state index is 13.0. The van der Waals surface area contributed by atoms with Crippen molar-refractivity contribution in [3.63, 3.8) is 0 Å². The normalized spacial score (nSPS) is 13.8. The van der Waals surface area contributed by atoms with E-state index in [1.807, 2.05) is 13.8 Å². The molecular weight excluding hydrogens is 427 g/mol. The van der Waals surface area contributed by atoms with Crippen LogP contribution in [0.1, 0.15) is 53.5 Å². The molecule has 1 unspecified atom stereocenters. The highest BCUT2D eigenvalue weighted by atomic mass is 19.4. The van der Waals surface area contributed by atoms with Gasteiger partial charge in [0.2, 0.25) is 5.91 Å². The number of urea groups is 1. The predicted octanol–water partition coefficient (Wildman–Crippen LogP) is 4.43. The minimum Gasteiger partial charge on any atom is -0.458 e. The second kappa shape index (κ2) is 10.7. The number of carbonyl (C=O) groups excluding carboxylic acids is 3. The number of benzene rings is 1. The molecule has 0 aliphatic heterocycles. The van der Waals surface area contributed by atoms with Crippen molar-refractivity contribution in [2.45, 2.75) is 71.8 Å². The summed E-state index contributed by atoms with van der Waals surface area (Å²) in [6.45, 7) is 10.4. The fourth-order valence-electron chi connectivity index (χ4n) is 2.74. The smallest absolute Gasteiger partial charge is 0.416 e. The summed E-state index contributed by atoms with van der Waals surface area (Å²) < 4.78 is 43.3. The summed E-state index contributed by atoms with van der Waals surface area (Å²) in [5.41, 5.74) is -1.41. The third kappa shape index (κ3) is 8.76. The highest BCUT2D eigenvalue weighted by Crippen LogP contribution is 2.29. The van der Waals surface area contributed by atoms with Gasteiger partial charge in [0.15, 0.2) is 0 Å². The van der Waals surface area contributed by atoms with Crippen LogP contribution in [0, 0.1) is 5.92 Å². The lowest BCUT2D eigenvalue weighted by atomic mass is 10.0. The van der Waals surface area contributed by atoms with Crippen LogP contribution >= 0.6 is 0 Å². The monoisotopic (exact) mass is 459 g/mol. The number of nitrogens with one attached hydrogen (secondary N) is 2. The molecule has 0 aromatic heterocycles. The molecule has 1 aromatic carbocycles. The fourth-order valence-corrected chi connectivity index (χ4v) is 2.74. The second-order valence-electron chi connectivity index (χ2n) is 9.01. The first kappa shape index (κ1) is 27.3. The van der Waals surface area contributed by atoms with Crippen molar-refractivity contribution in [1.29, 1.82) is 0 Å². The van der Waals surface area contributed by atoms with E-state index in [0.29, 0.717) is 6.42 Å². The molecule has 2 N–H and O–H groups in total. The Morgan fingerprint density at radius 3 is 2.00 bits per heavy atom. The molecule has 0 aliphatic carbocycles. The van der Waals surface area contributed by atoms with Gasteiger partial charge in [0.1, 0.15) is 17.7 Å². The van der Waals surface area contributed by atoms with Crippen LogP contribution in [0.5, 0.6) is 0 Å². The fraction of sp³-hybridized carbons (Fsp3) is 0.591. The zero-order valence-electron chi connectivity index (χ0n) is 19.5. The summed E-state index contributed by atoms with van der Waals surface area (Å²) >= 11 is 0. The van der Waals surface area contributed by atoms with Crippen LogP contribution in [-0.2, 0) is 20.5 Å². The Bertz CT molecular complexity index is 802. The predicted molar refractivity (Wildman–Crippen MR) is 115 cm³/mol. The van der Waals surface area contributed by atoms with Gasteiger partial charge in [-0.15, -0.1) is 0 Å². The van der Waals surface area contributed by atoms with E-state index in [-0.39, 0.29) is 11.6 Å². The van der Waals surface area contributed by atoms with E-state index in [1.165, 1.54) is 18.9 Å². The quantitative estimate of drug-likeness (QED) is 0.591. The van der Waals surface area contributed by atoms with Gasteiger partial charge < -0.3 is 20.3 Å². The van der Waals surface area contributed by atoms with Crippen LogP contribution in [0.2, 0.25) is 0 Å². The van der Waals surface area contributed by atoms with Gasteiger partial charge in [-0.3, -0.25) is 4.79 Å². The number of ether oxygens (including phenoxy) is 1. The summed E-state index contributed by atoms with van der Waals surface area (Å²) in [6, 6.07) is 1.37. The Labute approximate surface area is 186 Å². The summed E-state index contributed by atoms with van der Waals surface area (Å²) in [5.74, 6) is -1.02. The lowest BCUT2D eigenvalue weighted by Gasteiger charge is -2.31. The lowest BCUT2D eigenvalue weighted by Crippen LogP contribution is -2.53. The van der Waals surface area contributed by atoms with Crippen LogP contribution in [0.15, 0.2) is 24.3 Å². The van der Waals surface area contributed by atoms with E-state index in [2.05, 4.69) is 10.6 Å². The van der Waals surface area contributed by atoms with Gasteiger partial charge in [0, 0.05) is 12.7 Å². The molecule has 7 nitrogen and oxygen atoms in total. The van der Waals surface area contributed by atoms with Gasteiger partial charge in [0.25, 0.3) is 0 Å². The maximum absolute atomic E-state index is 13.0. The number of hydrogen-bond acceptors (Lipinski definition) is 4. The molecule has 0 radical (unpaired) electrons. The van der Waals surface area contributed by atoms with Gasteiger partial charge in [-0.05, 0) is 64.3 Å². The van der Waals surface area contributed by atoms with Crippen molar-refractivity contribution < 1.29 is 32.3 Å². The molecule has 180 valence electrons. The lowest BCUT2D eigenvalue weighted by molar-refractivity contribution is -0.163. The highest BCUT2D eigenvalue weighted by molar-refractivity contribution is 5.94. The second-order valence-corrected chi connectivity index (χ2v) is 9.01. The van der Waals surface area contributed by atoms with Gasteiger partial charge >= 0.3 is 18.2 Å². The van der Waals surface area contributed by atoms with E-state index in [1.54, 1.807) is 20.8 Å². The number of anilines is 1. The van der Waals surface area contributed by atoms with Crippen LogP contribution in [-0.4, -0.2) is 47.5 Å². The van der Waals surface area contributed by atoms with E-state index in [0.717, 1.165) is 24.3 Å². The van der Waals surface area contributed by atoms with E-state index < -0.39 is 47.3 Å². The number of nitrogens with zero attached hydrogens (tertiary/aromatic N) is 1. The van der Waals surface area contributed by atoms with Crippen LogP contribution in [0.4, 0.5) is 23.7 Å². The Morgan fingerprint density at radius 1 is 1.03 bits per heavy atom. The zero-order chi connectivity index (χ0) is 24.9. The first-order valence-electron chi connectivity index (χ1n) is 10.3. The average molecular weight is 460 g/mol. The molecule has 10 heteroatoms. The van der Waals surface area contributed by atoms with Crippen LogP contribution in [0.25, 0.3) is 0 Å². The molecule has 0 spiro atoms. The molecule has 3 amide bonds. The molecule has 0 heterocycles. The molecule has 0 aliphatic rings. The first-order chi connectivity index (χ1) is 14.5. The summed E-state index contributed by atoms with van der Waals surface area (Å²) in [4.78, 5) is 38.9. The topological polar surface area (TPSA) is 87.7 Å². The molecule has 1 rings (SSSR count). The Balaban J connectivity index is 2.87. The Kier molecular flexibility index (Phi) is 9.11. The van der Waals surface area contributed by atoms with Crippen molar-refractivity contribution in [2.75, 3.05) is 12.4 Å². The van der Waals surface area contributed by atoms with Crippen molar-refractivity contribution in [3.05, 3.63) is 29.8 Å². The number of hydrogen-bond donors (Lipinski definition) is 2. The van der Waals surface area contributed by atoms with Crippen molar-refractivity contribution >= 4 is 23.6 Å². The molecule has 32 heavy (non-hydrogen) atoms. The van der Waals surface area contributed by atoms with E-state index in [9.17, 15) is 27.6 Å². The molecule has 1 aromatic rings. The number of carbonyl (C=O) groups is 3. The molecule has 0 saturated carbocycles. The number of alkyl halides is 3. The summed E-state index contributed by atoms with van der Waals surface area (Å²) in [5, 5.41) is 4.97. The van der Waals surface area contributed by atoms with Crippen LogP contribution < -0.4 is 10.6 Å². The number of rotatable bonds is 7. The maximum Gasteiger partial charge on any atom is 0.416 e. The van der Waals surface area contributed by atoms with Gasteiger partial charge in [-0.25, -0.2) is 9.59 Å². The van der Waals surface area contributed by atoms with Crippen molar-refractivity contribution in [1.82, 2.24) is 10.2 Å². The van der Waals surface area contributed by atoms with Gasteiger partial charge in [0.05, 0.1) is 5.56 Å². The number of amides is 3. The van der Waals surface area contributed by atoms with E-state index >= 15 is 0 Å². The molecular formula is C22H32F3N3O4. The zero-order valence-corrected chi connectivity index (χ0v) is 19.5. The third-order valence-electron chi connectivity index (χ3n) is 4.46. The Morgan fingerprint density at radius 2 is 1.56 bits per heavy atom. The molecule has 0 saturated heterocycles. The minimum absolute atomic E-state index is 0.0422. The number of halogens is 3. The van der Waals surface area contributed by atoms with Crippen LogP contribution in [0.3, 0.4) is 0 Å². The highest BCUT2D eigenvalue weighted by Gasteiger charge is 2.33. The van der Waals surface area contributed by atoms with Gasteiger partial charge in [-0.1, -0.05) is 13.8 Å². The summed E-state index contributed by atoms with van der Waals surface area (Å²) in [6.07, 6.45) is -4.18. The first-order valence-corrected chi connectivity index (χ1v) is 10.3. The van der Waals surface area contributed by atoms with Crippen molar-refractivity contribution in [2.24, 2.45) is 5.92 Å². The van der Waals surface area contributed by atoms with E-state index in [4.69, 9.17) is 4.74 Å². The number of esters is 1. The standard InChI is InChI=1S/C22H32F3N3O4/c1-13(2)12-17(18(29)28(7)14(3)19(30)32-21(4,5)6)27-20(31)26-16-10-8-15(9-11-16)22(23,24)25/h8-11,13-14,17H,12H2,1-7H3,(H2,26,27,31)/t14?,17-/m0/s1. The third-order valence-corrected chi connectivity index (χ3v) is 4.46. The van der Waals surface area contributed by atoms with Crippen molar-refractivity contribution in [3.8, 4) is 0 Å². The number of likely N-dealkylation sites (N-methyl/N-ethyl adjacent to an activating group) is 1. The van der Waals surface area contributed by atoms with Gasteiger partial charge in [-0.2, -0.15) is 13.2 Å². The molecule has 0 fully saturated rings. The SMILES string of the molecule is CC(C)C[C@H](NC(=O)Nc1ccc(C(F)(F)F)cc1)C(=O)N(C)C(C)C(=O)OC(C)(C)C. The Hall–Kier alpha value is -2.78. The largest absolute Gasteiger partial charge is 0.458 e.